The molecule has 162 valence electrons. The maximum absolute atomic E-state index is 13.0. The van der Waals surface area contributed by atoms with Gasteiger partial charge in [0.1, 0.15) is 11.3 Å². The van der Waals surface area contributed by atoms with Gasteiger partial charge in [0.05, 0.1) is 10.9 Å². The summed E-state index contributed by atoms with van der Waals surface area (Å²) in [6, 6.07) is 16.9. The number of fused-ring (bicyclic) bond motifs is 1. The molecule has 0 saturated carbocycles. The molecule has 1 saturated heterocycles. The fourth-order valence-electron chi connectivity index (χ4n) is 4.42. The van der Waals surface area contributed by atoms with Gasteiger partial charge in [0, 0.05) is 31.6 Å². The number of hydrazone groups is 1. The number of nitrogens with one attached hydrogen (secondary N) is 1. The number of benzene rings is 2. The summed E-state index contributed by atoms with van der Waals surface area (Å²) in [6.45, 7) is 3.20. The van der Waals surface area contributed by atoms with Gasteiger partial charge in [0.25, 0.3) is 0 Å². The Hall–Kier alpha value is -3.12. The zero-order valence-corrected chi connectivity index (χ0v) is 17.9. The van der Waals surface area contributed by atoms with Crippen LogP contribution in [0.25, 0.3) is 11.0 Å². The van der Waals surface area contributed by atoms with E-state index >= 15 is 0 Å². The molecule has 3 aromatic rings. The summed E-state index contributed by atoms with van der Waals surface area (Å²) in [5.74, 6) is -0.364. The lowest BCUT2D eigenvalue weighted by atomic mass is 9.86. The summed E-state index contributed by atoms with van der Waals surface area (Å²) in [4.78, 5) is 15.4. The molecule has 0 unspecified atom stereocenters. The number of nitrogens with zero attached hydrogens (tertiary/aromatic N) is 2. The van der Waals surface area contributed by atoms with Gasteiger partial charge in [-0.25, -0.2) is 4.79 Å². The van der Waals surface area contributed by atoms with Crippen LogP contribution >= 0.6 is 0 Å². The summed E-state index contributed by atoms with van der Waals surface area (Å²) in [5.41, 5.74) is 5.00. The van der Waals surface area contributed by atoms with Crippen molar-refractivity contribution in [2.75, 3.05) is 26.7 Å². The molecular formula is C25H29N3O3. The standard InChI is InChI=1S/C25H29N3O3/c1-26-27-19(13-16-28-14-7-8-15-28)17-21(18-9-3-2-4-10-18)23-24(29)20-11-5-6-12-22(20)31-25(23)30/h2-6,9-12,21,26,29H,7-8,13-17H2,1H3/b27-19+/t21-/m0/s1. The van der Waals surface area contributed by atoms with E-state index in [4.69, 9.17) is 4.42 Å². The van der Waals surface area contributed by atoms with Crippen molar-refractivity contribution < 1.29 is 9.52 Å². The van der Waals surface area contributed by atoms with Crippen LogP contribution < -0.4 is 11.1 Å². The number of hydrogen-bond acceptors (Lipinski definition) is 6. The van der Waals surface area contributed by atoms with Crippen molar-refractivity contribution in [3.8, 4) is 5.75 Å². The van der Waals surface area contributed by atoms with E-state index in [1.54, 1.807) is 25.2 Å². The normalized spacial score (nSPS) is 16.0. The predicted molar refractivity (Wildman–Crippen MR) is 124 cm³/mol. The molecule has 1 fully saturated rings. The van der Waals surface area contributed by atoms with Crippen molar-refractivity contribution in [3.05, 3.63) is 76.1 Å². The van der Waals surface area contributed by atoms with Crippen molar-refractivity contribution in [1.29, 1.82) is 0 Å². The lowest BCUT2D eigenvalue weighted by Gasteiger charge is -2.21. The van der Waals surface area contributed by atoms with Crippen LogP contribution in [0.5, 0.6) is 5.75 Å². The van der Waals surface area contributed by atoms with Crippen LogP contribution in [-0.2, 0) is 0 Å². The molecule has 4 rings (SSSR count). The quantitative estimate of drug-likeness (QED) is 0.327. The van der Waals surface area contributed by atoms with E-state index in [0.717, 1.165) is 37.3 Å². The molecule has 1 aromatic heterocycles. The van der Waals surface area contributed by atoms with Crippen molar-refractivity contribution >= 4 is 16.7 Å². The molecule has 2 heterocycles. The number of para-hydroxylation sites is 1. The molecule has 6 heteroatoms. The largest absolute Gasteiger partial charge is 0.507 e. The van der Waals surface area contributed by atoms with Crippen LogP contribution in [0, 0.1) is 0 Å². The lowest BCUT2D eigenvalue weighted by molar-refractivity contribution is 0.348. The summed E-state index contributed by atoms with van der Waals surface area (Å²) < 4.78 is 5.58. The van der Waals surface area contributed by atoms with Crippen LogP contribution in [0.1, 0.15) is 42.7 Å². The zero-order valence-electron chi connectivity index (χ0n) is 17.9. The predicted octanol–water partition coefficient (Wildman–Crippen LogP) is 4.08. The maximum Gasteiger partial charge on any atom is 0.343 e. The molecule has 1 atom stereocenters. The molecular weight excluding hydrogens is 390 g/mol. The van der Waals surface area contributed by atoms with Gasteiger partial charge in [0.2, 0.25) is 0 Å². The molecule has 2 N–H and O–H groups in total. The van der Waals surface area contributed by atoms with Crippen LogP contribution in [-0.4, -0.2) is 42.4 Å². The summed E-state index contributed by atoms with van der Waals surface area (Å²) in [5, 5.41) is 16.2. The van der Waals surface area contributed by atoms with Crippen molar-refractivity contribution in [1.82, 2.24) is 10.3 Å². The fraction of sp³-hybridized carbons (Fsp3) is 0.360. The Morgan fingerprint density at radius 1 is 1.13 bits per heavy atom. The highest BCUT2D eigenvalue weighted by Crippen LogP contribution is 2.36. The van der Waals surface area contributed by atoms with E-state index < -0.39 is 5.63 Å². The average Bonchev–Trinajstić information content (AvgIpc) is 3.31. The van der Waals surface area contributed by atoms with Gasteiger partial charge in [-0.3, -0.25) is 0 Å². The molecule has 0 bridgehead atoms. The van der Waals surface area contributed by atoms with Gasteiger partial charge in [-0.05, 0) is 50.0 Å². The first-order valence-electron chi connectivity index (χ1n) is 10.9. The Balaban J connectivity index is 1.72. The fourth-order valence-corrected chi connectivity index (χ4v) is 4.42. The van der Waals surface area contributed by atoms with Gasteiger partial charge < -0.3 is 19.8 Å². The SMILES string of the molecule is CN/N=C(\CCN1CCCC1)C[C@@H](c1ccccc1)c1c(O)c2ccccc2oc1=O. The molecule has 0 spiro atoms. The van der Waals surface area contributed by atoms with Crippen LogP contribution in [0.3, 0.4) is 0 Å². The first kappa shape index (κ1) is 21.1. The highest BCUT2D eigenvalue weighted by atomic mass is 16.4. The average molecular weight is 420 g/mol. The van der Waals surface area contributed by atoms with Gasteiger partial charge >= 0.3 is 5.63 Å². The second-order valence-corrected chi connectivity index (χ2v) is 8.02. The Morgan fingerprint density at radius 2 is 1.84 bits per heavy atom. The minimum atomic E-state index is -0.506. The summed E-state index contributed by atoms with van der Waals surface area (Å²) in [7, 11) is 1.79. The van der Waals surface area contributed by atoms with E-state index in [-0.39, 0.29) is 17.2 Å². The first-order valence-corrected chi connectivity index (χ1v) is 10.9. The number of aromatic hydroxyl groups is 1. The Labute approximate surface area is 182 Å². The topological polar surface area (TPSA) is 78.1 Å². The molecule has 6 nitrogen and oxygen atoms in total. The summed E-state index contributed by atoms with van der Waals surface area (Å²) in [6.07, 6.45) is 3.83. The third-order valence-corrected chi connectivity index (χ3v) is 6.00. The van der Waals surface area contributed by atoms with Gasteiger partial charge in [-0.15, -0.1) is 0 Å². The highest BCUT2D eigenvalue weighted by molar-refractivity contribution is 5.87. The van der Waals surface area contributed by atoms with Gasteiger partial charge in [0.15, 0.2) is 0 Å². The molecule has 31 heavy (non-hydrogen) atoms. The van der Waals surface area contributed by atoms with Crippen molar-refractivity contribution in [2.24, 2.45) is 5.10 Å². The smallest absolute Gasteiger partial charge is 0.343 e. The Bertz CT molecular complexity index is 1100. The molecule has 0 amide bonds. The summed E-state index contributed by atoms with van der Waals surface area (Å²) >= 11 is 0. The van der Waals surface area contributed by atoms with Crippen molar-refractivity contribution in [3.63, 3.8) is 0 Å². The zero-order chi connectivity index (χ0) is 21.6. The lowest BCUT2D eigenvalue weighted by Crippen LogP contribution is -2.25. The van der Waals surface area contributed by atoms with Crippen molar-refractivity contribution in [2.45, 2.75) is 31.6 Å². The monoisotopic (exact) mass is 419 g/mol. The van der Waals surface area contributed by atoms with E-state index in [0.29, 0.717) is 17.4 Å². The molecule has 1 aliphatic rings. The molecule has 0 radical (unpaired) electrons. The minimum absolute atomic E-state index is 0.0101. The van der Waals surface area contributed by atoms with E-state index in [9.17, 15) is 9.90 Å². The molecule has 0 aliphatic carbocycles. The minimum Gasteiger partial charge on any atom is -0.507 e. The molecule has 1 aliphatic heterocycles. The Morgan fingerprint density at radius 3 is 2.58 bits per heavy atom. The second kappa shape index (κ2) is 9.79. The van der Waals surface area contributed by atoms with Crippen LogP contribution in [0.4, 0.5) is 0 Å². The highest BCUT2D eigenvalue weighted by Gasteiger charge is 2.26. The van der Waals surface area contributed by atoms with E-state index in [1.807, 2.05) is 36.4 Å². The second-order valence-electron chi connectivity index (χ2n) is 8.02. The third-order valence-electron chi connectivity index (χ3n) is 6.00. The molecule has 2 aromatic carbocycles. The van der Waals surface area contributed by atoms with Gasteiger partial charge in [-0.2, -0.15) is 5.10 Å². The van der Waals surface area contributed by atoms with Crippen LogP contribution in [0.2, 0.25) is 0 Å². The van der Waals surface area contributed by atoms with E-state index in [1.165, 1.54) is 12.8 Å². The maximum atomic E-state index is 13.0. The van der Waals surface area contributed by atoms with E-state index in [2.05, 4.69) is 15.4 Å². The Kier molecular flexibility index (Phi) is 6.67. The number of likely N-dealkylation sites (tertiary alicyclic amines) is 1. The number of rotatable bonds is 8. The number of hydrogen-bond donors (Lipinski definition) is 2. The van der Waals surface area contributed by atoms with Gasteiger partial charge in [-0.1, -0.05) is 42.5 Å². The van der Waals surface area contributed by atoms with Crippen LogP contribution in [0.15, 0.2) is 68.9 Å². The third kappa shape index (κ3) is 4.80. The first-order chi connectivity index (χ1) is 15.2.